The van der Waals surface area contributed by atoms with E-state index in [4.69, 9.17) is 8.92 Å². The molecule has 0 aliphatic heterocycles. The van der Waals surface area contributed by atoms with Crippen molar-refractivity contribution in [1.29, 1.82) is 0 Å². The van der Waals surface area contributed by atoms with Crippen molar-refractivity contribution in [3.05, 3.63) is 65.7 Å². The van der Waals surface area contributed by atoms with E-state index in [0.717, 1.165) is 11.1 Å². The van der Waals surface area contributed by atoms with Gasteiger partial charge in [-0.25, -0.2) is 0 Å². The number of rotatable bonds is 8. The van der Waals surface area contributed by atoms with Crippen LogP contribution in [0.4, 0.5) is 0 Å². The van der Waals surface area contributed by atoms with E-state index in [2.05, 4.69) is 0 Å². The average molecular weight is 334 g/mol. The SMILES string of the molecule is Cc1ccc(S(=O)(=O)OCC[C@@H](C)OCc2ccccc2)cc1. The van der Waals surface area contributed by atoms with E-state index < -0.39 is 10.1 Å². The van der Waals surface area contributed by atoms with Gasteiger partial charge in [-0.15, -0.1) is 0 Å². The summed E-state index contributed by atoms with van der Waals surface area (Å²) in [5, 5.41) is 0. The van der Waals surface area contributed by atoms with Crippen molar-refractivity contribution in [2.45, 2.75) is 37.9 Å². The van der Waals surface area contributed by atoms with E-state index >= 15 is 0 Å². The van der Waals surface area contributed by atoms with Gasteiger partial charge in [0.25, 0.3) is 10.1 Å². The molecule has 2 rings (SSSR count). The van der Waals surface area contributed by atoms with Gasteiger partial charge in [-0.1, -0.05) is 48.0 Å². The molecule has 0 aliphatic rings. The summed E-state index contributed by atoms with van der Waals surface area (Å²) in [5.74, 6) is 0. The summed E-state index contributed by atoms with van der Waals surface area (Å²) in [6.07, 6.45) is 0.432. The first-order chi connectivity index (χ1) is 11.0. The van der Waals surface area contributed by atoms with Crippen LogP contribution < -0.4 is 0 Å². The van der Waals surface area contributed by atoms with Crippen LogP contribution in [0.15, 0.2) is 59.5 Å². The predicted molar refractivity (Wildman–Crippen MR) is 89.6 cm³/mol. The number of ether oxygens (including phenoxy) is 1. The van der Waals surface area contributed by atoms with Crippen molar-refractivity contribution in [1.82, 2.24) is 0 Å². The normalized spacial score (nSPS) is 13.0. The van der Waals surface area contributed by atoms with Gasteiger partial charge < -0.3 is 4.74 Å². The molecule has 0 radical (unpaired) electrons. The Hall–Kier alpha value is -1.69. The van der Waals surface area contributed by atoms with E-state index in [1.165, 1.54) is 0 Å². The van der Waals surface area contributed by atoms with Gasteiger partial charge in [0.15, 0.2) is 0 Å². The minimum atomic E-state index is -3.70. The summed E-state index contributed by atoms with van der Waals surface area (Å²) in [7, 11) is -3.70. The largest absolute Gasteiger partial charge is 0.374 e. The Balaban J connectivity index is 1.76. The molecule has 0 unspecified atom stereocenters. The lowest BCUT2D eigenvalue weighted by Crippen LogP contribution is -2.14. The third kappa shape index (κ3) is 5.78. The summed E-state index contributed by atoms with van der Waals surface area (Å²) in [6.45, 7) is 4.42. The quantitative estimate of drug-likeness (QED) is 0.691. The van der Waals surface area contributed by atoms with Crippen molar-refractivity contribution < 1.29 is 17.3 Å². The van der Waals surface area contributed by atoms with Crippen LogP contribution in [0.1, 0.15) is 24.5 Å². The zero-order valence-corrected chi connectivity index (χ0v) is 14.3. The zero-order chi connectivity index (χ0) is 16.7. The highest BCUT2D eigenvalue weighted by atomic mass is 32.2. The molecule has 0 aliphatic carbocycles. The Morgan fingerprint density at radius 1 is 1.00 bits per heavy atom. The first kappa shape index (κ1) is 17.7. The van der Waals surface area contributed by atoms with E-state index in [1.807, 2.05) is 44.2 Å². The molecule has 0 amide bonds. The molecule has 0 spiro atoms. The molecule has 0 aromatic heterocycles. The molecule has 1 atom stereocenters. The molecule has 0 N–H and O–H groups in total. The molecule has 2 aromatic carbocycles. The van der Waals surface area contributed by atoms with Crippen molar-refractivity contribution in [3.8, 4) is 0 Å². The van der Waals surface area contributed by atoms with Gasteiger partial charge in [0.2, 0.25) is 0 Å². The maximum absolute atomic E-state index is 12.0. The van der Waals surface area contributed by atoms with Crippen LogP contribution in [-0.4, -0.2) is 21.1 Å². The Morgan fingerprint density at radius 3 is 2.30 bits per heavy atom. The fourth-order valence-corrected chi connectivity index (χ4v) is 2.91. The first-order valence-electron chi connectivity index (χ1n) is 7.59. The van der Waals surface area contributed by atoms with Gasteiger partial charge in [0.1, 0.15) is 0 Å². The first-order valence-corrected chi connectivity index (χ1v) is 9.00. The molecule has 0 bridgehead atoms. The summed E-state index contributed by atoms with van der Waals surface area (Å²) in [5.41, 5.74) is 2.10. The molecule has 23 heavy (non-hydrogen) atoms. The van der Waals surface area contributed by atoms with Crippen LogP contribution in [0.2, 0.25) is 0 Å². The lowest BCUT2D eigenvalue weighted by atomic mass is 10.2. The molecular weight excluding hydrogens is 312 g/mol. The van der Waals surface area contributed by atoms with Gasteiger partial charge in [-0.2, -0.15) is 8.42 Å². The van der Waals surface area contributed by atoms with Gasteiger partial charge >= 0.3 is 0 Å². The second-order valence-electron chi connectivity index (χ2n) is 5.49. The standard InChI is InChI=1S/C18H22O4S/c1-15-8-10-18(11-9-15)23(19,20)22-13-12-16(2)21-14-17-6-4-3-5-7-17/h3-11,16H,12-14H2,1-2H3/t16-/m1/s1. The molecule has 0 heterocycles. The third-order valence-electron chi connectivity index (χ3n) is 3.45. The number of benzene rings is 2. The molecular formula is C18H22O4S. The molecule has 0 saturated heterocycles. The van der Waals surface area contributed by atoms with Crippen LogP contribution in [0.5, 0.6) is 0 Å². The number of hydrogen-bond acceptors (Lipinski definition) is 4. The number of hydrogen-bond donors (Lipinski definition) is 0. The monoisotopic (exact) mass is 334 g/mol. The lowest BCUT2D eigenvalue weighted by molar-refractivity contribution is 0.0392. The lowest BCUT2D eigenvalue weighted by Gasteiger charge is -2.13. The highest BCUT2D eigenvalue weighted by Gasteiger charge is 2.15. The van der Waals surface area contributed by atoms with E-state index in [1.54, 1.807) is 24.3 Å². The minimum absolute atomic E-state index is 0.0802. The predicted octanol–water partition coefficient (Wildman–Crippen LogP) is 3.70. The van der Waals surface area contributed by atoms with E-state index in [9.17, 15) is 8.42 Å². The van der Waals surface area contributed by atoms with Crippen LogP contribution in [0, 0.1) is 6.92 Å². The van der Waals surface area contributed by atoms with Crippen molar-refractivity contribution >= 4 is 10.1 Å². The summed E-state index contributed by atoms with van der Waals surface area (Å²) in [4.78, 5) is 0.181. The highest BCUT2D eigenvalue weighted by Crippen LogP contribution is 2.14. The van der Waals surface area contributed by atoms with Crippen LogP contribution in [-0.2, 0) is 25.6 Å². The Morgan fingerprint density at radius 2 is 1.65 bits per heavy atom. The molecule has 0 fully saturated rings. The topological polar surface area (TPSA) is 52.6 Å². The van der Waals surface area contributed by atoms with E-state index in [0.29, 0.717) is 13.0 Å². The van der Waals surface area contributed by atoms with Gasteiger partial charge in [-0.3, -0.25) is 4.18 Å². The fraction of sp³-hybridized carbons (Fsp3) is 0.333. The minimum Gasteiger partial charge on any atom is -0.374 e. The van der Waals surface area contributed by atoms with Crippen molar-refractivity contribution in [3.63, 3.8) is 0 Å². The molecule has 5 heteroatoms. The molecule has 0 saturated carbocycles. The van der Waals surface area contributed by atoms with Gasteiger partial charge in [0, 0.05) is 0 Å². The fourth-order valence-electron chi connectivity index (χ4n) is 1.99. The maximum atomic E-state index is 12.0. The highest BCUT2D eigenvalue weighted by molar-refractivity contribution is 7.86. The van der Waals surface area contributed by atoms with Crippen molar-refractivity contribution in [2.24, 2.45) is 0 Å². The molecule has 124 valence electrons. The van der Waals surface area contributed by atoms with Crippen LogP contribution in [0.3, 0.4) is 0 Å². The summed E-state index contributed by atoms with van der Waals surface area (Å²) >= 11 is 0. The van der Waals surface area contributed by atoms with Gasteiger partial charge in [0.05, 0.1) is 24.2 Å². The summed E-state index contributed by atoms with van der Waals surface area (Å²) < 4.78 is 34.8. The Kier molecular flexibility index (Phi) is 6.33. The summed E-state index contributed by atoms with van der Waals surface area (Å²) in [6, 6.07) is 16.5. The van der Waals surface area contributed by atoms with Crippen molar-refractivity contribution in [2.75, 3.05) is 6.61 Å². The molecule has 2 aromatic rings. The second kappa shape index (κ2) is 8.24. The number of aryl methyl sites for hydroxylation is 1. The maximum Gasteiger partial charge on any atom is 0.296 e. The molecule has 4 nitrogen and oxygen atoms in total. The van der Waals surface area contributed by atoms with Crippen LogP contribution >= 0.6 is 0 Å². The third-order valence-corrected chi connectivity index (χ3v) is 4.78. The Labute approximate surface area is 138 Å². The zero-order valence-electron chi connectivity index (χ0n) is 13.4. The van der Waals surface area contributed by atoms with Crippen LogP contribution in [0.25, 0.3) is 0 Å². The average Bonchev–Trinajstić information content (AvgIpc) is 2.54. The Bertz CT molecular complexity index is 694. The van der Waals surface area contributed by atoms with Gasteiger partial charge in [-0.05, 0) is 38.0 Å². The second-order valence-corrected chi connectivity index (χ2v) is 7.10. The van der Waals surface area contributed by atoms with E-state index in [-0.39, 0.29) is 17.6 Å². The smallest absolute Gasteiger partial charge is 0.296 e.